The zero-order valence-electron chi connectivity index (χ0n) is 10.5. The van der Waals surface area contributed by atoms with Gasteiger partial charge in [-0.1, -0.05) is 96.8 Å². The van der Waals surface area contributed by atoms with Gasteiger partial charge in [0.1, 0.15) is 0 Å². The maximum absolute atomic E-state index is 6.20. The molecule has 2 aromatic carbocycles. The third kappa shape index (κ3) is 2.25. The first-order chi connectivity index (χ1) is 9.32. The van der Waals surface area contributed by atoms with E-state index in [-0.39, 0.29) is 0 Å². The molecule has 0 bridgehead atoms. The summed E-state index contributed by atoms with van der Waals surface area (Å²) in [6.45, 7) is 0. The van der Waals surface area contributed by atoms with Crippen LogP contribution in [0.2, 0.25) is 0 Å². The minimum absolute atomic E-state index is 0.340. The van der Waals surface area contributed by atoms with Gasteiger partial charge in [-0.05, 0) is 10.6 Å². The first-order valence-corrected chi connectivity index (χ1v) is 9.25. The summed E-state index contributed by atoms with van der Waals surface area (Å²) in [5.41, 5.74) is 0.340. The number of benzene rings is 2. The van der Waals surface area contributed by atoms with Crippen LogP contribution in [0.15, 0.2) is 85.0 Å². The molecule has 0 nitrogen and oxygen atoms in total. The van der Waals surface area contributed by atoms with E-state index in [2.05, 4.69) is 85.0 Å². The van der Waals surface area contributed by atoms with Crippen LogP contribution in [0.25, 0.3) is 0 Å². The normalized spacial score (nSPS) is 14.9. The van der Waals surface area contributed by atoms with Crippen molar-refractivity contribution < 1.29 is 0 Å². The summed E-state index contributed by atoms with van der Waals surface area (Å²) in [6.07, 6.45) is 8.69. The molecule has 0 atom stereocenters. The van der Waals surface area contributed by atoms with E-state index in [1.54, 1.807) is 0 Å². The van der Waals surface area contributed by atoms with E-state index in [9.17, 15) is 0 Å². The maximum Gasteiger partial charge on any atom is 0.0323 e. The summed E-state index contributed by atoms with van der Waals surface area (Å²) in [7, 11) is 0. The highest BCUT2D eigenvalue weighted by atomic mass is 32.4. The molecule has 1 aliphatic rings. The fourth-order valence-corrected chi connectivity index (χ4v) is 6.51. The second kappa shape index (κ2) is 5.28. The molecule has 3 rings (SSSR count). The van der Waals surface area contributed by atoms with Crippen molar-refractivity contribution >= 4 is 28.5 Å². The Hall–Kier alpha value is -1.43. The van der Waals surface area contributed by atoms with Crippen molar-refractivity contribution in [2.24, 2.45) is 0 Å². The standard InChI is InChI=1S/C17H15PS/c19-18(17-13-7-8-14-17,15-9-3-1-4-10-15)16-11-5-2-6-12-16/h1-14,17H. The topological polar surface area (TPSA) is 0 Å². The molecule has 2 aromatic rings. The summed E-state index contributed by atoms with van der Waals surface area (Å²) >= 11 is 6.20. The van der Waals surface area contributed by atoms with Crippen molar-refractivity contribution in [3.63, 3.8) is 0 Å². The zero-order valence-corrected chi connectivity index (χ0v) is 12.2. The summed E-state index contributed by atoms with van der Waals surface area (Å²) in [5, 5.41) is 2.58. The SMILES string of the molecule is S=P(c1ccccc1)(c1ccccc1)C1C=CC=C1. The minimum Gasteiger partial charge on any atom is -0.0867 e. The highest BCUT2D eigenvalue weighted by Gasteiger charge is 2.29. The van der Waals surface area contributed by atoms with E-state index in [0.717, 1.165) is 0 Å². The zero-order chi connectivity index (χ0) is 13.1. The average molecular weight is 282 g/mol. The Morgan fingerprint density at radius 3 is 1.53 bits per heavy atom. The van der Waals surface area contributed by atoms with Crippen LogP contribution < -0.4 is 10.6 Å². The Labute approximate surface area is 119 Å². The third-order valence-corrected chi connectivity index (χ3v) is 8.74. The predicted octanol–water partition coefficient (Wildman–Crippen LogP) is 3.61. The molecule has 0 unspecified atom stereocenters. The summed E-state index contributed by atoms with van der Waals surface area (Å²) in [5.74, 6) is 0. The molecule has 0 N–H and O–H groups in total. The van der Waals surface area contributed by atoms with Crippen LogP contribution in [0.1, 0.15) is 0 Å². The van der Waals surface area contributed by atoms with Gasteiger partial charge in [0.2, 0.25) is 0 Å². The van der Waals surface area contributed by atoms with Gasteiger partial charge in [0, 0.05) is 11.7 Å². The molecule has 0 fully saturated rings. The van der Waals surface area contributed by atoms with Crippen molar-refractivity contribution in [2.75, 3.05) is 0 Å². The predicted molar refractivity (Wildman–Crippen MR) is 88.5 cm³/mol. The fourth-order valence-electron chi connectivity index (χ4n) is 2.45. The molecule has 0 radical (unpaired) electrons. The van der Waals surface area contributed by atoms with Gasteiger partial charge in [-0.3, -0.25) is 0 Å². The van der Waals surface area contributed by atoms with Crippen molar-refractivity contribution in [3.05, 3.63) is 85.0 Å². The molecule has 0 saturated heterocycles. The number of hydrogen-bond donors (Lipinski definition) is 0. The van der Waals surface area contributed by atoms with Gasteiger partial charge in [0.05, 0.1) is 0 Å². The van der Waals surface area contributed by atoms with Gasteiger partial charge in [-0.15, -0.1) is 0 Å². The van der Waals surface area contributed by atoms with Gasteiger partial charge >= 0.3 is 0 Å². The van der Waals surface area contributed by atoms with Crippen LogP contribution in [-0.4, -0.2) is 5.66 Å². The van der Waals surface area contributed by atoms with Crippen LogP contribution in [0.3, 0.4) is 0 Å². The van der Waals surface area contributed by atoms with Gasteiger partial charge in [-0.25, -0.2) is 0 Å². The second-order valence-corrected chi connectivity index (χ2v) is 9.26. The van der Waals surface area contributed by atoms with Crippen LogP contribution in [0, 0.1) is 0 Å². The van der Waals surface area contributed by atoms with Gasteiger partial charge in [0.15, 0.2) is 0 Å². The van der Waals surface area contributed by atoms with E-state index in [1.165, 1.54) is 10.6 Å². The lowest BCUT2D eigenvalue weighted by molar-refractivity contribution is 1.44. The molecule has 0 saturated carbocycles. The summed E-state index contributed by atoms with van der Waals surface area (Å²) in [4.78, 5) is 0. The van der Waals surface area contributed by atoms with Crippen LogP contribution in [0.5, 0.6) is 0 Å². The lowest BCUT2D eigenvalue weighted by atomic mass is 10.4. The lowest BCUT2D eigenvalue weighted by Gasteiger charge is -2.27. The van der Waals surface area contributed by atoms with E-state index < -0.39 is 6.04 Å². The molecule has 1 aliphatic carbocycles. The maximum atomic E-state index is 6.20. The molecule has 0 spiro atoms. The van der Waals surface area contributed by atoms with E-state index >= 15 is 0 Å². The van der Waals surface area contributed by atoms with Crippen LogP contribution in [0.4, 0.5) is 0 Å². The van der Waals surface area contributed by atoms with Gasteiger partial charge < -0.3 is 0 Å². The summed E-state index contributed by atoms with van der Waals surface area (Å²) in [6, 6.07) is 19.3. The van der Waals surface area contributed by atoms with Gasteiger partial charge in [0.25, 0.3) is 0 Å². The molecule has 19 heavy (non-hydrogen) atoms. The molecule has 94 valence electrons. The Kier molecular flexibility index (Phi) is 3.50. The molecular formula is C17H15PS. The van der Waals surface area contributed by atoms with Crippen molar-refractivity contribution in [2.45, 2.75) is 5.66 Å². The van der Waals surface area contributed by atoms with Crippen molar-refractivity contribution in [1.29, 1.82) is 0 Å². The second-order valence-electron chi connectivity index (χ2n) is 4.59. The quantitative estimate of drug-likeness (QED) is 0.775. The van der Waals surface area contributed by atoms with Gasteiger partial charge in [-0.2, -0.15) is 0 Å². The highest BCUT2D eigenvalue weighted by molar-refractivity contribution is 8.22. The Morgan fingerprint density at radius 1 is 0.684 bits per heavy atom. The minimum atomic E-state index is -1.81. The monoisotopic (exact) mass is 282 g/mol. The Bertz CT molecular complexity index is 601. The van der Waals surface area contributed by atoms with E-state index in [4.69, 9.17) is 11.8 Å². The van der Waals surface area contributed by atoms with E-state index in [1.807, 2.05) is 0 Å². The lowest BCUT2D eigenvalue weighted by Crippen LogP contribution is -2.22. The number of allylic oxidation sites excluding steroid dienone is 4. The average Bonchev–Trinajstić information content (AvgIpc) is 3.03. The number of hydrogen-bond acceptors (Lipinski definition) is 1. The Balaban J connectivity index is 2.19. The number of rotatable bonds is 3. The molecular weight excluding hydrogens is 267 g/mol. The largest absolute Gasteiger partial charge is 0.0867 e. The first kappa shape index (κ1) is 12.6. The fraction of sp³-hybridized carbons (Fsp3) is 0.0588. The smallest absolute Gasteiger partial charge is 0.0323 e. The molecule has 0 heterocycles. The van der Waals surface area contributed by atoms with Crippen molar-refractivity contribution in [3.8, 4) is 0 Å². The Morgan fingerprint density at radius 2 is 1.11 bits per heavy atom. The molecule has 2 heteroatoms. The van der Waals surface area contributed by atoms with Crippen LogP contribution >= 0.6 is 6.04 Å². The van der Waals surface area contributed by atoms with Crippen LogP contribution in [-0.2, 0) is 11.8 Å². The van der Waals surface area contributed by atoms with E-state index in [0.29, 0.717) is 5.66 Å². The molecule has 0 aromatic heterocycles. The van der Waals surface area contributed by atoms with Crippen molar-refractivity contribution in [1.82, 2.24) is 0 Å². The molecule has 0 aliphatic heterocycles. The highest BCUT2D eigenvalue weighted by Crippen LogP contribution is 2.51. The summed E-state index contributed by atoms with van der Waals surface area (Å²) < 4.78 is 0. The molecule has 0 amide bonds. The third-order valence-electron chi connectivity index (χ3n) is 3.43. The first-order valence-electron chi connectivity index (χ1n) is 6.38.